The minimum Gasteiger partial charge on any atom is -0.353 e. The summed E-state index contributed by atoms with van der Waals surface area (Å²) < 4.78 is 0. The molecule has 1 aliphatic rings. The third kappa shape index (κ3) is 3.02. The highest BCUT2D eigenvalue weighted by Crippen LogP contribution is 1.92. The maximum atomic E-state index is 11.3. The molecule has 0 radical (unpaired) electrons. The van der Waals surface area contributed by atoms with Crippen molar-refractivity contribution in [2.45, 2.75) is 13.5 Å². The van der Waals surface area contributed by atoms with Crippen molar-refractivity contribution in [1.29, 1.82) is 0 Å². The van der Waals surface area contributed by atoms with Gasteiger partial charge in [-0.15, -0.1) is 0 Å². The molecule has 0 aromatic heterocycles. The van der Waals surface area contributed by atoms with Crippen molar-refractivity contribution in [3.63, 3.8) is 0 Å². The van der Waals surface area contributed by atoms with Gasteiger partial charge in [0, 0.05) is 23.5 Å². The van der Waals surface area contributed by atoms with Crippen LogP contribution in [0.25, 0.3) is 0 Å². The van der Waals surface area contributed by atoms with Gasteiger partial charge in [0.25, 0.3) is 0 Å². The molecule has 1 heterocycles. The predicted octanol–water partition coefficient (Wildman–Crippen LogP) is -0.709. The number of rotatable bonds is 1. The van der Waals surface area contributed by atoms with Crippen molar-refractivity contribution in [2.24, 2.45) is 0 Å². The number of carbonyl (C=O) groups excluding carboxylic acids is 2. The molecule has 5 nitrogen and oxygen atoms in total. The molecule has 1 aliphatic heterocycles. The van der Waals surface area contributed by atoms with Crippen LogP contribution in [0.5, 0.6) is 0 Å². The van der Waals surface area contributed by atoms with Crippen molar-refractivity contribution < 1.29 is 12.4 Å². The molecule has 13 heavy (non-hydrogen) atoms. The Morgan fingerprint density at radius 2 is 2.23 bits per heavy atom. The minimum absolute atomic E-state index is 0. The quantitative estimate of drug-likeness (QED) is 0.575. The number of hydrogen-bond donors (Lipinski definition) is 2. The van der Waals surface area contributed by atoms with E-state index in [1.54, 1.807) is 14.1 Å². The van der Waals surface area contributed by atoms with E-state index in [4.69, 9.17) is 0 Å². The zero-order valence-electron chi connectivity index (χ0n) is 7.26. The van der Waals surface area contributed by atoms with Crippen LogP contribution in [0.4, 0.5) is 0 Å². The van der Waals surface area contributed by atoms with Gasteiger partial charge >= 0.3 is 0 Å². The highest BCUT2D eigenvalue weighted by Gasteiger charge is 2.24. The van der Waals surface area contributed by atoms with E-state index in [-0.39, 0.29) is 34.7 Å². The van der Waals surface area contributed by atoms with E-state index in [9.17, 15) is 9.59 Å². The van der Waals surface area contributed by atoms with Crippen LogP contribution in [0.1, 0.15) is 10.3 Å². The zero-order chi connectivity index (χ0) is 9.14. The number of hydrogen-bond acceptors (Lipinski definition) is 3. The maximum Gasteiger partial charge on any atom is 0.241 e. The van der Waals surface area contributed by atoms with Gasteiger partial charge in [-0.3, -0.25) is 14.9 Å². The molecule has 1 saturated heterocycles. The monoisotopic (exact) mass is 191 g/mol. The van der Waals surface area contributed by atoms with E-state index in [2.05, 4.69) is 10.6 Å². The lowest BCUT2D eigenvalue weighted by atomic mass is 10.2. The molecule has 80 valence electrons. The number of likely N-dealkylation sites (N-methyl/N-ethyl adjacent to an activating group) is 1. The van der Waals surface area contributed by atoms with Crippen LogP contribution in [0.15, 0.2) is 0 Å². The lowest BCUT2D eigenvalue weighted by Crippen LogP contribution is -2.57. The Morgan fingerprint density at radius 3 is 2.62 bits per heavy atom. The molecular formula is C8H21N3O2. The Hall–Kier alpha value is -1.10. The van der Waals surface area contributed by atoms with Gasteiger partial charge in [-0.05, 0) is 0 Å². The fourth-order valence-corrected chi connectivity index (χ4v) is 1.05. The Labute approximate surface area is 81.4 Å². The van der Waals surface area contributed by atoms with E-state index >= 15 is 0 Å². The molecule has 1 rings (SSSR count). The van der Waals surface area contributed by atoms with Crippen LogP contribution in [0.3, 0.4) is 0 Å². The molecule has 2 N–H and O–H groups in total. The first-order valence-electron chi connectivity index (χ1n) is 3.82. The largest absolute Gasteiger partial charge is 0.353 e. The smallest absolute Gasteiger partial charge is 0.241 e. The summed E-state index contributed by atoms with van der Waals surface area (Å²) in [5.41, 5.74) is 0. The van der Waals surface area contributed by atoms with Crippen molar-refractivity contribution >= 4 is 11.8 Å². The van der Waals surface area contributed by atoms with E-state index in [0.717, 1.165) is 0 Å². The summed E-state index contributed by atoms with van der Waals surface area (Å²) in [5.74, 6) is -0.0622. The summed E-state index contributed by atoms with van der Waals surface area (Å²) in [4.78, 5) is 23.5. The Balaban J connectivity index is -0.000000480. The van der Waals surface area contributed by atoms with Gasteiger partial charge in [0.05, 0.1) is 6.54 Å². The van der Waals surface area contributed by atoms with E-state index < -0.39 is 0 Å². The molecule has 2 amide bonds. The topological polar surface area (TPSA) is 61.4 Å². The summed E-state index contributed by atoms with van der Waals surface area (Å²) in [6.45, 7) is 0.611. The van der Waals surface area contributed by atoms with E-state index in [0.29, 0.717) is 6.54 Å². The van der Waals surface area contributed by atoms with Gasteiger partial charge in [-0.2, -0.15) is 0 Å². The molecule has 1 atom stereocenters. The fraction of sp³-hybridized carbons (Fsp3) is 0.750. The summed E-state index contributed by atoms with van der Waals surface area (Å²) in [6, 6.07) is -0.266. The van der Waals surface area contributed by atoms with Crippen molar-refractivity contribution in [1.82, 2.24) is 15.5 Å². The molecule has 0 saturated carbocycles. The summed E-state index contributed by atoms with van der Waals surface area (Å²) in [5, 5.41) is 5.47. The molecule has 0 unspecified atom stereocenters. The molecule has 5 heteroatoms. The standard InChI is InChI=1S/C7H13N3O2.CH4.2H2/c1-10(2)7(12)5-3-9-6(11)4-8-5;;;/h5,8H,3-4H2,1-2H3,(H,9,11);1H4;2*1H/t5-;;;/m0.../s1. The van der Waals surface area contributed by atoms with Gasteiger partial charge in [0.1, 0.15) is 6.04 Å². The highest BCUT2D eigenvalue weighted by molar-refractivity contribution is 5.86. The summed E-state index contributed by atoms with van der Waals surface area (Å²) in [7, 11) is 3.39. The van der Waals surface area contributed by atoms with Crippen molar-refractivity contribution in [3.05, 3.63) is 0 Å². The van der Waals surface area contributed by atoms with E-state index in [1.165, 1.54) is 4.90 Å². The average molecular weight is 191 g/mol. The predicted molar refractivity (Wildman–Crippen MR) is 54.5 cm³/mol. The molecule has 0 aromatic rings. The van der Waals surface area contributed by atoms with E-state index in [1.807, 2.05) is 0 Å². The number of nitrogens with zero attached hydrogens (tertiary/aromatic N) is 1. The Kier molecular flexibility index (Phi) is 4.40. The van der Waals surface area contributed by atoms with Crippen LogP contribution >= 0.6 is 0 Å². The van der Waals surface area contributed by atoms with Crippen LogP contribution in [0.2, 0.25) is 0 Å². The van der Waals surface area contributed by atoms with Gasteiger partial charge in [0.15, 0.2) is 0 Å². The highest BCUT2D eigenvalue weighted by atomic mass is 16.2. The minimum atomic E-state index is -0.266. The first-order chi connectivity index (χ1) is 5.61. The summed E-state index contributed by atoms with van der Waals surface area (Å²) >= 11 is 0. The number of piperazine rings is 1. The average Bonchev–Trinajstić information content (AvgIpc) is 2.04. The van der Waals surface area contributed by atoms with Crippen LogP contribution in [0, 0.1) is 0 Å². The third-order valence-electron chi connectivity index (χ3n) is 1.75. The SMILES string of the molecule is C.CN(C)C(=O)[C@@H]1CNC(=O)CN1.[HH].[HH]. The fourth-order valence-electron chi connectivity index (χ4n) is 1.05. The second-order valence-electron chi connectivity index (χ2n) is 2.97. The van der Waals surface area contributed by atoms with Crippen molar-refractivity contribution in [3.8, 4) is 0 Å². The second kappa shape index (κ2) is 4.81. The van der Waals surface area contributed by atoms with Gasteiger partial charge in [-0.25, -0.2) is 0 Å². The summed E-state index contributed by atoms with van der Waals surface area (Å²) in [6.07, 6.45) is 0. The molecular weight excluding hydrogens is 170 g/mol. The molecule has 0 bridgehead atoms. The molecule has 0 spiro atoms. The normalized spacial score (nSPS) is 21.4. The van der Waals surface area contributed by atoms with Gasteiger partial charge in [-0.1, -0.05) is 7.43 Å². The number of amides is 2. The molecule has 1 fully saturated rings. The van der Waals surface area contributed by atoms with Crippen molar-refractivity contribution in [2.75, 3.05) is 27.2 Å². The Morgan fingerprint density at radius 1 is 1.62 bits per heavy atom. The molecule has 0 aliphatic carbocycles. The Bertz CT molecular complexity index is 202. The first-order valence-corrected chi connectivity index (χ1v) is 3.82. The maximum absolute atomic E-state index is 11.3. The van der Waals surface area contributed by atoms with Crippen LogP contribution in [-0.2, 0) is 9.59 Å². The zero-order valence-corrected chi connectivity index (χ0v) is 7.26. The third-order valence-corrected chi connectivity index (χ3v) is 1.75. The number of carbonyl (C=O) groups is 2. The first kappa shape index (κ1) is 11.9. The van der Waals surface area contributed by atoms with Crippen LogP contribution < -0.4 is 10.6 Å². The lowest BCUT2D eigenvalue weighted by Gasteiger charge is -2.25. The van der Waals surface area contributed by atoms with Crippen LogP contribution in [-0.4, -0.2) is 49.9 Å². The molecule has 0 aromatic carbocycles. The number of nitrogens with one attached hydrogen (secondary N) is 2. The second-order valence-corrected chi connectivity index (χ2v) is 2.97. The van der Waals surface area contributed by atoms with Gasteiger partial charge < -0.3 is 10.2 Å². The lowest BCUT2D eigenvalue weighted by molar-refractivity contribution is -0.132. The van der Waals surface area contributed by atoms with Gasteiger partial charge in [0.2, 0.25) is 11.8 Å².